The van der Waals surface area contributed by atoms with E-state index < -0.39 is 0 Å². The van der Waals surface area contributed by atoms with Crippen LogP contribution in [0, 0.1) is 11.3 Å². The van der Waals surface area contributed by atoms with E-state index in [4.69, 9.17) is 4.74 Å². The SMILES string of the molecule is CCCCOc1ccc(NCC2CC23CCN(c2ccccc2)CC3)cc1. The molecule has 1 spiro atoms. The van der Waals surface area contributed by atoms with Crippen molar-refractivity contribution in [1.29, 1.82) is 0 Å². The normalized spacial score (nSPS) is 20.5. The fraction of sp³-hybridized carbons (Fsp3) is 0.500. The average molecular weight is 365 g/mol. The predicted molar refractivity (Wildman–Crippen MR) is 114 cm³/mol. The van der Waals surface area contributed by atoms with Crippen LogP contribution < -0.4 is 15.0 Å². The molecule has 2 fully saturated rings. The first-order valence-corrected chi connectivity index (χ1v) is 10.6. The lowest BCUT2D eigenvalue weighted by Crippen LogP contribution is -2.35. The molecule has 0 aromatic heterocycles. The first-order valence-electron chi connectivity index (χ1n) is 10.6. The highest BCUT2D eigenvalue weighted by atomic mass is 16.5. The summed E-state index contributed by atoms with van der Waals surface area (Å²) in [7, 11) is 0. The quantitative estimate of drug-likeness (QED) is 0.619. The third-order valence-corrected chi connectivity index (χ3v) is 6.41. The van der Waals surface area contributed by atoms with E-state index in [0.717, 1.165) is 31.2 Å². The van der Waals surface area contributed by atoms with Crippen LogP contribution >= 0.6 is 0 Å². The predicted octanol–water partition coefficient (Wildman–Crippen LogP) is 5.58. The van der Waals surface area contributed by atoms with Crippen LogP contribution in [0.5, 0.6) is 5.75 Å². The maximum atomic E-state index is 5.74. The lowest BCUT2D eigenvalue weighted by atomic mass is 9.90. The van der Waals surface area contributed by atoms with E-state index in [2.05, 4.69) is 71.7 Å². The number of nitrogens with zero attached hydrogens (tertiary/aromatic N) is 1. The molecular formula is C24H32N2O. The minimum Gasteiger partial charge on any atom is -0.494 e. The summed E-state index contributed by atoms with van der Waals surface area (Å²) in [5.41, 5.74) is 3.19. The second-order valence-corrected chi connectivity index (χ2v) is 8.19. The standard InChI is InChI=1S/C24H32N2O/c1-2-3-17-27-23-11-9-21(10-12-23)25-19-20-18-24(20)13-15-26(16-14-24)22-7-5-4-6-8-22/h4-12,20,25H,2-3,13-19H2,1H3. The molecule has 1 atom stereocenters. The van der Waals surface area contributed by atoms with Gasteiger partial charge < -0.3 is 15.0 Å². The number of nitrogens with one attached hydrogen (secondary N) is 1. The average Bonchev–Trinajstić information content (AvgIpc) is 3.40. The topological polar surface area (TPSA) is 24.5 Å². The molecule has 144 valence electrons. The monoisotopic (exact) mass is 364 g/mol. The van der Waals surface area contributed by atoms with Crippen LogP contribution in [-0.2, 0) is 0 Å². The Balaban J connectivity index is 1.21. The van der Waals surface area contributed by atoms with Gasteiger partial charge in [0, 0.05) is 31.0 Å². The number of piperidine rings is 1. The Morgan fingerprint density at radius 1 is 1.04 bits per heavy atom. The van der Waals surface area contributed by atoms with Gasteiger partial charge >= 0.3 is 0 Å². The van der Waals surface area contributed by atoms with Crippen LogP contribution in [-0.4, -0.2) is 26.2 Å². The maximum absolute atomic E-state index is 5.74. The minimum atomic E-state index is 0.599. The smallest absolute Gasteiger partial charge is 0.119 e. The highest BCUT2D eigenvalue weighted by Gasteiger charge is 2.54. The number of benzene rings is 2. The number of hydrogen-bond acceptors (Lipinski definition) is 3. The lowest BCUT2D eigenvalue weighted by molar-refractivity contribution is 0.309. The first-order chi connectivity index (χ1) is 13.3. The number of unbranched alkanes of at least 4 members (excludes halogenated alkanes) is 1. The summed E-state index contributed by atoms with van der Waals surface area (Å²) in [5.74, 6) is 1.81. The molecule has 0 radical (unpaired) electrons. The molecule has 1 heterocycles. The van der Waals surface area contributed by atoms with Crippen LogP contribution in [0.4, 0.5) is 11.4 Å². The Morgan fingerprint density at radius 3 is 2.48 bits per heavy atom. The van der Waals surface area contributed by atoms with Crippen molar-refractivity contribution in [3.63, 3.8) is 0 Å². The third-order valence-electron chi connectivity index (χ3n) is 6.41. The number of ether oxygens (including phenoxy) is 1. The number of hydrogen-bond donors (Lipinski definition) is 1. The zero-order valence-electron chi connectivity index (χ0n) is 16.5. The third kappa shape index (κ3) is 4.40. The summed E-state index contributed by atoms with van der Waals surface area (Å²) in [6, 6.07) is 19.3. The zero-order valence-corrected chi connectivity index (χ0v) is 16.5. The molecular weight excluding hydrogens is 332 g/mol. The van der Waals surface area contributed by atoms with Crippen LogP contribution in [0.2, 0.25) is 0 Å². The van der Waals surface area contributed by atoms with Gasteiger partial charge in [0.2, 0.25) is 0 Å². The largest absolute Gasteiger partial charge is 0.494 e. The Kier molecular flexibility index (Phi) is 5.56. The van der Waals surface area contributed by atoms with Crippen LogP contribution in [0.15, 0.2) is 54.6 Å². The van der Waals surface area contributed by atoms with Crippen molar-refractivity contribution in [3.8, 4) is 5.75 Å². The van der Waals surface area contributed by atoms with Gasteiger partial charge in [-0.2, -0.15) is 0 Å². The second-order valence-electron chi connectivity index (χ2n) is 8.19. The molecule has 1 aliphatic carbocycles. The van der Waals surface area contributed by atoms with Crippen LogP contribution in [0.1, 0.15) is 39.0 Å². The fourth-order valence-corrected chi connectivity index (χ4v) is 4.43. The van der Waals surface area contributed by atoms with Crippen molar-refractivity contribution in [1.82, 2.24) is 0 Å². The second kappa shape index (κ2) is 8.24. The van der Waals surface area contributed by atoms with Crippen molar-refractivity contribution >= 4 is 11.4 Å². The minimum absolute atomic E-state index is 0.599. The van der Waals surface area contributed by atoms with E-state index in [9.17, 15) is 0 Å². The fourth-order valence-electron chi connectivity index (χ4n) is 4.43. The Labute approximate surface area is 163 Å². The van der Waals surface area contributed by atoms with E-state index in [1.54, 1.807) is 0 Å². The number of anilines is 2. The van der Waals surface area contributed by atoms with Gasteiger partial charge in [-0.1, -0.05) is 31.5 Å². The van der Waals surface area contributed by atoms with E-state index >= 15 is 0 Å². The maximum Gasteiger partial charge on any atom is 0.119 e. The summed E-state index contributed by atoms with van der Waals surface area (Å²) in [6.07, 6.45) is 6.34. The summed E-state index contributed by atoms with van der Waals surface area (Å²) in [6.45, 7) is 6.50. The van der Waals surface area contributed by atoms with Gasteiger partial charge in [-0.3, -0.25) is 0 Å². The number of rotatable bonds is 8. The Hall–Kier alpha value is -2.16. The van der Waals surface area contributed by atoms with E-state index in [-0.39, 0.29) is 0 Å². The molecule has 0 amide bonds. The Bertz CT molecular complexity index is 705. The van der Waals surface area contributed by atoms with Crippen molar-refractivity contribution in [2.75, 3.05) is 36.5 Å². The molecule has 1 unspecified atom stereocenters. The van der Waals surface area contributed by atoms with Gasteiger partial charge in [-0.15, -0.1) is 0 Å². The van der Waals surface area contributed by atoms with Gasteiger partial charge in [-0.25, -0.2) is 0 Å². The van der Waals surface area contributed by atoms with E-state index in [0.29, 0.717) is 5.41 Å². The molecule has 0 bridgehead atoms. The molecule has 1 aliphatic heterocycles. The molecule has 27 heavy (non-hydrogen) atoms. The summed E-state index contributed by atoms with van der Waals surface area (Å²) in [4.78, 5) is 2.55. The molecule has 4 rings (SSSR count). The molecule has 2 aliphatic rings. The molecule has 3 nitrogen and oxygen atoms in total. The number of para-hydroxylation sites is 1. The van der Waals surface area contributed by atoms with Crippen LogP contribution in [0.3, 0.4) is 0 Å². The van der Waals surface area contributed by atoms with Gasteiger partial charge in [0.15, 0.2) is 0 Å². The molecule has 1 N–H and O–H groups in total. The van der Waals surface area contributed by atoms with Crippen molar-refractivity contribution in [3.05, 3.63) is 54.6 Å². The van der Waals surface area contributed by atoms with Gasteiger partial charge in [0.1, 0.15) is 5.75 Å². The molecule has 2 aromatic rings. The van der Waals surface area contributed by atoms with Gasteiger partial charge in [0.25, 0.3) is 0 Å². The van der Waals surface area contributed by atoms with E-state index in [1.165, 1.54) is 50.1 Å². The lowest BCUT2D eigenvalue weighted by Gasteiger charge is -2.34. The van der Waals surface area contributed by atoms with Gasteiger partial charge in [-0.05, 0) is 73.4 Å². The molecule has 3 heteroatoms. The van der Waals surface area contributed by atoms with Crippen molar-refractivity contribution < 1.29 is 4.74 Å². The summed E-state index contributed by atoms with van der Waals surface area (Å²) >= 11 is 0. The molecule has 2 aromatic carbocycles. The molecule has 1 saturated heterocycles. The summed E-state index contributed by atoms with van der Waals surface area (Å²) in [5, 5.41) is 3.65. The van der Waals surface area contributed by atoms with Crippen molar-refractivity contribution in [2.24, 2.45) is 11.3 Å². The van der Waals surface area contributed by atoms with Crippen LogP contribution in [0.25, 0.3) is 0 Å². The highest BCUT2D eigenvalue weighted by molar-refractivity contribution is 5.48. The highest BCUT2D eigenvalue weighted by Crippen LogP contribution is 2.59. The van der Waals surface area contributed by atoms with Crippen molar-refractivity contribution in [2.45, 2.75) is 39.0 Å². The Morgan fingerprint density at radius 2 is 1.78 bits per heavy atom. The van der Waals surface area contributed by atoms with Gasteiger partial charge in [0.05, 0.1) is 6.61 Å². The van der Waals surface area contributed by atoms with E-state index in [1.807, 2.05) is 0 Å². The first kappa shape index (κ1) is 18.2. The molecule has 1 saturated carbocycles. The zero-order chi connectivity index (χ0) is 18.5. The summed E-state index contributed by atoms with van der Waals surface area (Å²) < 4.78 is 5.74.